The molecule has 1 aliphatic carbocycles. The summed E-state index contributed by atoms with van der Waals surface area (Å²) in [6, 6.07) is 6.74. The number of nitrogens with one attached hydrogen (secondary N) is 1. The first-order valence-electron chi connectivity index (χ1n) is 6.93. The first kappa shape index (κ1) is 14.9. The van der Waals surface area contributed by atoms with E-state index in [-0.39, 0.29) is 18.4 Å². The van der Waals surface area contributed by atoms with Gasteiger partial charge in [-0.25, -0.2) is 0 Å². The van der Waals surface area contributed by atoms with E-state index in [1.54, 1.807) is 24.3 Å². The molecule has 5 nitrogen and oxygen atoms in total. The van der Waals surface area contributed by atoms with E-state index in [0.717, 1.165) is 19.3 Å². The highest BCUT2D eigenvalue weighted by atomic mass is 16.5. The second-order valence-corrected chi connectivity index (χ2v) is 4.85. The smallest absolute Gasteiger partial charge is 0.252 e. The second kappa shape index (κ2) is 7.34. The Morgan fingerprint density at radius 1 is 1.29 bits per heavy atom. The third kappa shape index (κ3) is 4.25. The molecular formula is C16H18N2O3. The van der Waals surface area contributed by atoms with E-state index in [4.69, 9.17) is 10.5 Å². The van der Waals surface area contributed by atoms with Gasteiger partial charge in [-0.05, 0) is 25.0 Å². The van der Waals surface area contributed by atoms with Crippen LogP contribution < -0.4 is 15.8 Å². The van der Waals surface area contributed by atoms with Crippen LogP contribution in [-0.4, -0.2) is 25.0 Å². The molecule has 0 radical (unpaired) electrons. The number of hydrogen-bond acceptors (Lipinski definition) is 3. The summed E-state index contributed by atoms with van der Waals surface area (Å²) in [5.74, 6) is 5.74. The Balaban J connectivity index is 1.73. The van der Waals surface area contributed by atoms with Gasteiger partial charge in [-0.2, -0.15) is 0 Å². The molecule has 0 aliphatic heterocycles. The number of rotatable bonds is 5. The molecule has 0 spiro atoms. The van der Waals surface area contributed by atoms with Crippen molar-refractivity contribution >= 4 is 11.8 Å². The molecule has 3 N–H and O–H groups in total. The van der Waals surface area contributed by atoms with Gasteiger partial charge in [-0.15, -0.1) is 0 Å². The van der Waals surface area contributed by atoms with Gasteiger partial charge in [0.2, 0.25) is 5.91 Å². The summed E-state index contributed by atoms with van der Waals surface area (Å²) in [7, 11) is 0. The van der Waals surface area contributed by atoms with E-state index >= 15 is 0 Å². The SMILES string of the molecule is NC(=O)c1ccccc1OCC#CCNC(=O)C1CCC1. The maximum absolute atomic E-state index is 11.5. The minimum Gasteiger partial charge on any atom is -0.480 e. The molecule has 2 rings (SSSR count). The monoisotopic (exact) mass is 286 g/mol. The maximum atomic E-state index is 11.5. The van der Waals surface area contributed by atoms with E-state index < -0.39 is 5.91 Å². The first-order valence-corrected chi connectivity index (χ1v) is 6.93. The van der Waals surface area contributed by atoms with Crippen LogP contribution in [0.25, 0.3) is 0 Å². The Morgan fingerprint density at radius 2 is 2.05 bits per heavy atom. The fourth-order valence-electron chi connectivity index (χ4n) is 1.97. The number of carbonyl (C=O) groups is 2. The lowest BCUT2D eigenvalue weighted by Gasteiger charge is -2.23. The van der Waals surface area contributed by atoms with Crippen LogP contribution in [0, 0.1) is 17.8 Å². The van der Waals surface area contributed by atoms with Crippen molar-refractivity contribution in [2.24, 2.45) is 11.7 Å². The van der Waals surface area contributed by atoms with Gasteiger partial charge >= 0.3 is 0 Å². The fraction of sp³-hybridized carbons (Fsp3) is 0.375. The van der Waals surface area contributed by atoms with Crippen molar-refractivity contribution in [1.29, 1.82) is 0 Å². The summed E-state index contributed by atoms with van der Waals surface area (Å²) >= 11 is 0. The van der Waals surface area contributed by atoms with Crippen LogP contribution in [0.1, 0.15) is 29.6 Å². The van der Waals surface area contributed by atoms with Crippen molar-refractivity contribution in [3.05, 3.63) is 29.8 Å². The molecule has 1 aromatic carbocycles. The van der Waals surface area contributed by atoms with Gasteiger partial charge in [0.1, 0.15) is 12.4 Å². The number of hydrogen-bond donors (Lipinski definition) is 2. The van der Waals surface area contributed by atoms with E-state index in [1.165, 1.54) is 0 Å². The zero-order valence-electron chi connectivity index (χ0n) is 11.7. The number of para-hydroxylation sites is 1. The number of benzene rings is 1. The van der Waals surface area contributed by atoms with Crippen LogP contribution in [0.3, 0.4) is 0 Å². The van der Waals surface area contributed by atoms with E-state index in [1.807, 2.05) is 0 Å². The average molecular weight is 286 g/mol. The number of ether oxygens (including phenoxy) is 1. The maximum Gasteiger partial charge on any atom is 0.252 e. The lowest BCUT2D eigenvalue weighted by atomic mass is 9.85. The van der Waals surface area contributed by atoms with Crippen molar-refractivity contribution < 1.29 is 14.3 Å². The first-order chi connectivity index (χ1) is 10.2. The van der Waals surface area contributed by atoms with Gasteiger partial charge in [0.25, 0.3) is 5.91 Å². The molecule has 0 saturated heterocycles. The van der Waals surface area contributed by atoms with Crippen LogP contribution in [0.2, 0.25) is 0 Å². The highest BCUT2D eigenvalue weighted by Gasteiger charge is 2.24. The van der Waals surface area contributed by atoms with E-state index in [2.05, 4.69) is 17.2 Å². The standard InChI is InChI=1S/C16H18N2O3/c17-15(19)13-8-1-2-9-14(13)21-11-4-3-10-18-16(20)12-6-5-7-12/h1-2,8-9,12H,5-7,10-11H2,(H2,17,19)(H,18,20). The Bertz CT molecular complexity index is 583. The molecule has 1 aliphatic rings. The molecule has 21 heavy (non-hydrogen) atoms. The largest absolute Gasteiger partial charge is 0.480 e. The highest BCUT2D eigenvalue weighted by molar-refractivity contribution is 5.95. The van der Waals surface area contributed by atoms with Crippen LogP contribution in [0.5, 0.6) is 5.75 Å². The normalized spacial score (nSPS) is 13.5. The summed E-state index contributed by atoms with van der Waals surface area (Å²) in [5.41, 5.74) is 5.58. The van der Waals surface area contributed by atoms with Crippen molar-refractivity contribution in [2.75, 3.05) is 13.2 Å². The number of primary amides is 1. The third-order valence-electron chi connectivity index (χ3n) is 3.40. The van der Waals surface area contributed by atoms with Gasteiger partial charge in [0.05, 0.1) is 12.1 Å². The van der Waals surface area contributed by atoms with Crippen molar-refractivity contribution in [2.45, 2.75) is 19.3 Å². The highest BCUT2D eigenvalue weighted by Crippen LogP contribution is 2.25. The molecule has 0 aromatic heterocycles. The molecule has 0 unspecified atom stereocenters. The predicted molar refractivity (Wildman–Crippen MR) is 78.6 cm³/mol. The topological polar surface area (TPSA) is 81.4 Å². The Morgan fingerprint density at radius 3 is 2.71 bits per heavy atom. The Hall–Kier alpha value is -2.48. The lowest BCUT2D eigenvalue weighted by molar-refractivity contribution is -0.127. The second-order valence-electron chi connectivity index (χ2n) is 4.85. The number of carbonyl (C=O) groups excluding carboxylic acids is 2. The molecule has 5 heteroatoms. The molecular weight excluding hydrogens is 268 g/mol. The van der Waals surface area contributed by atoms with Crippen LogP contribution in [0.15, 0.2) is 24.3 Å². The molecule has 0 heterocycles. The Labute approximate surface area is 123 Å². The minimum atomic E-state index is -0.536. The van der Waals surface area contributed by atoms with Gasteiger partial charge in [-0.1, -0.05) is 30.4 Å². The van der Waals surface area contributed by atoms with Crippen molar-refractivity contribution in [1.82, 2.24) is 5.32 Å². The van der Waals surface area contributed by atoms with Crippen LogP contribution >= 0.6 is 0 Å². The van der Waals surface area contributed by atoms with Gasteiger partial charge < -0.3 is 15.8 Å². The molecule has 1 aromatic rings. The fourth-order valence-corrected chi connectivity index (χ4v) is 1.97. The summed E-state index contributed by atoms with van der Waals surface area (Å²) in [6.45, 7) is 0.458. The third-order valence-corrected chi connectivity index (χ3v) is 3.40. The average Bonchev–Trinajstić information content (AvgIpc) is 2.41. The zero-order valence-corrected chi connectivity index (χ0v) is 11.7. The summed E-state index contributed by atoms with van der Waals surface area (Å²) in [4.78, 5) is 22.7. The van der Waals surface area contributed by atoms with Gasteiger partial charge in [0.15, 0.2) is 0 Å². The lowest BCUT2D eigenvalue weighted by Crippen LogP contribution is -2.34. The predicted octanol–water partition coefficient (Wildman–Crippen LogP) is 1.08. The van der Waals surface area contributed by atoms with Crippen LogP contribution in [-0.2, 0) is 4.79 Å². The summed E-state index contributed by atoms with van der Waals surface area (Å²) in [5, 5.41) is 2.77. The van der Waals surface area contributed by atoms with Crippen molar-refractivity contribution in [3.63, 3.8) is 0 Å². The quantitative estimate of drug-likeness (QED) is 0.795. The molecule has 1 fully saturated rings. The molecule has 2 amide bonds. The van der Waals surface area contributed by atoms with E-state index in [0.29, 0.717) is 17.9 Å². The zero-order chi connectivity index (χ0) is 15.1. The van der Waals surface area contributed by atoms with Gasteiger partial charge in [0, 0.05) is 5.92 Å². The molecule has 0 bridgehead atoms. The number of nitrogens with two attached hydrogens (primary N) is 1. The van der Waals surface area contributed by atoms with Crippen molar-refractivity contribution in [3.8, 4) is 17.6 Å². The molecule has 1 saturated carbocycles. The summed E-state index contributed by atoms with van der Waals surface area (Å²) < 4.78 is 5.40. The summed E-state index contributed by atoms with van der Waals surface area (Å²) in [6.07, 6.45) is 3.09. The number of amides is 2. The van der Waals surface area contributed by atoms with E-state index in [9.17, 15) is 9.59 Å². The minimum absolute atomic E-state index is 0.0792. The van der Waals surface area contributed by atoms with Gasteiger partial charge in [-0.3, -0.25) is 9.59 Å². The Kier molecular flexibility index (Phi) is 5.22. The van der Waals surface area contributed by atoms with Crippen LogP contribution in [0.4, 0.5) is 0 Å². The molecule has 0 atom stereocenters. The molecule has 110 valence electrons.